The summed E-state index contributed by atoms with van der Waals surface area (Å²) in [6.07, 6.45) is 0.697. The Balaban J connectivity index is 2.30. The summed E-state index contributed by atoms with van der Waals surface area (Å²) in [5.74, 6) is 0.743. The van der Waals surface area contributed by atoms with Crippen molar-refractivity contribution in [2.75, 3.05) is 26.2 Å². The first kappa shape index (κ1) is 13.5. The van der Waals surface area contributed by atoms with Crippen molar-refractivity contribution in [3.63, 3.8) is 0 Å². The second-order valence-electron chi connectivity index (χ2n) is 4.95. The maximum Gasteiger partial charge on any atom is 0.320 e. The van der Waals surface area contributed by atoms with Gasteiger partial charge in [-0.2, -0.15) is 0 Å². The zero-order valence-electron chi connectivity index (χ0n) is 10.6. The molecule has 1 saturated heterocycles. The van der Waals surface area contributed by atoms with Crippen LogP contribution in [0.5, 0.6) is 0 Å². The topological polar surface area (TPSA) is 52.6 Å². The molecule has 0 aromatic heterocycles. The molecule has 4 heteroatoms. The molecule has 1 aliphatic heterocycles. The molecule has 1 rings (SSSR count). The van der Waals surface area contributed by atoms with Gasteiger partial charge >= 0.3 is 5.97 Å². The van der Waals surface area contributed by atoms with E-state index in [1.165, 1.54) is 0 Å². The highest BCUT2D eigenvalue weighted by Crippen LogP contribution is 2.22. The third-order valence-electron chi connectivity index (χ3n) is 3.55. The second kappa shape index (κ2) is 6.21. The molecule has 0 aliphatic carbocycles. The molecule has 3 unspecified atom stereocenters. The molecule has 2 N–H and O–H groups in total. The van der Waals surface area contributed by atoms with Crippen molar-refractivity contribution in [3.05, 3.63) is 0 Å². The maximum absolute atomic E-state index is 10.9. The molecule has 1 heterocycles. The molecule has 4 nitrogen and oxygen atoms in total. The molecule has 0 radical (unpaired) electrons. The van der Waals surface area contributed by atoms with Gasteiger partial charge in [0, 0.05) is 19.6 Å². The number of nitrogens with one attached hydrogen (secondary N) is 1. The van der Waals surface area contributed by atoms with E-state index < -0.39 is 12.0 Å². The molecular weight excluding hydrogens is 204 g/mol. The monoisotopic (exact) mass is 228 g/mol. The number of rotatable bonds is 6. The van der Waals surface area contributed by atoms with Crippen LogP contribution in [-0.4, -0.2) is 48.2 Å². The van der Waals surface area contributed by atoms with E-state index in [1.807, 2.05) is 6.92 Å². The summed E-state index contributed by atoms with van der Waals surface area (Å²) in [6, 6.07) is -0.392. The summed E-state index contributed by atoms with van der Waals surface area (Å²) in [5, 5.41) is 12.0. The Morgan fingerprint density at radius 1 is 1.44 bits per heavy atom. The van der Waals surface area contributed by atoms with Gasteiger partial charge in [0.25, 0.3) is 0 Å². The first-order valence-electron chi connectivity index (χ1n) is 6.23. The van der Waals surface area contributed by atoms with Gasteiger partial charge in [-0.25, -0.2) is 0 Å². The summed E-state index contributed by atoms with van der Waals surface area (Å²) in [6.45, 7) is 10.3. The predicted molar refractivity (Wildman–Crippen MR) is 64.5 cm³/mol. The van der Waals surface area contributed by atoms with Gasteiger partial charge in [0.2, 0.25) is 0 Å². The van der Waals surface area contributed by atoms with Crippen molar-refractivity contribution in [3.8, 4) is 0 Å². The van der Waals surface area contributed by atoms with Crippen LogP contribution in [0.4, 0.5) is 0 Å². The standard InChI is InChI=1S/C12H24N2O2/c1-4-13-11(12(15)16)5-6-14-7-9(2)10(3)8-14/h9-11,13H,4-8H2,1-3H3,(H,15,16). The van der Waals surface area contributed by atoms with E-state index in [2.05, 4.69) is 24.1 Å². The van der Waals surface area contributed by atoms with Crippen LogP contribution >= 0.6 is 0 Å². The van der Waals surface area contributed by atoms with Gasteiger partial charge in [-0.3, -0.25) is 4.79 Å². The molecular formula is C12H24N2O2. The van der Waals surface area contributed by atoms with Crippen molar-refractivity contribution < 1.29 is 9.90 Å². The third-order valence-corrected chi connectivity index (χ3v) is 3.55. The van der Waals surface area contributed by atoms with Crippen LogP contribution in [-0.2, 0) is 4.79 Å². The number of carboxylic acids is 1. The molecule has 0 aromatic rings. The van der Waals surface area contributed by atoms with Crippen molar-refractivity contribution in [1.29, 1.82) is 0 Å². The first-order chi connectivity index (χ1) is 7.54. The van der Waals surface area contributed by atoms with Crippen molar-refractivity contribution in [2.24, 2.45) is 11.8 Å². The Labute approximate surface area is 98.0 Å². The molecule has 1 fully saturated rings. The lowest BCUT2D eigenvalue weighted by Crippen LogP contribution is -2.39. The van der Waals surface area contributed by atoms with Crippen molar-refractivity contribution >= 4 is 5.97 Å². The van der Waals surface area contributed by atoms with E-state index in [9.17, 15) is 4.79 Å². The van der Waals surface area contributed by atoms with Gasteiger partial charge in [-0.05, 0) is 24.8 Å². The quantitative estimate of drug-likeness (QED) is 0.713. The largest absolute Gasteiger partial charge is 0.480 e. The Morgan fingerprint density at radius 3 is 2.44 bits per heavy atom. The molecule has 0 spiro atoms. The van der Waals surface area contributed by atoms with Crippen LogP contribution < -0.4 is 5.32 Å². The lowest BCUT2D eigenvalue weighted by Gasteiger charge is -2.19. The van der Waals surface area contributed by atoms with E-state index in [0.717, 1.165) is 31.5 Å². The highest BCUT2D eigenvalue weighted by Gasteiger charge is 2.26. The highest BCUT2D eigenvalue weighted by atomic mass is 16.4. The number of hydrogen-bond donors (Lipinski definition) is 2. The van der Waals surface area contributed by atoms with Crippen LogP contribution in [0.1, 0.15) is 27.2 Å². The van der Waals surface area contributed by atoms with Gasteiger partial charge in [0.05, 0.1) is 0 Å². The molecule has 0 bridgehead atoms. The number of likely N-dealkylation sites (tertiary alicyclic amines) is 1. The zero-order chi connectivity index (χ0) is 12.1. The minimum atomic E-state index is -0.734. The first-order valence-corrected chi connectivity index (χ1v) is 6.23. The van der Waals surface area contributed by atoms with Crippen LogP contribution in [0.15, 0.2) is 0 Å². The van der Waals surface area contributed by atoms with Crippen LogP contribution in [0, 0.1) is 11.8 Å². The molecule has 94 valence electrons. The average Bonchev–Trinajstić information content (AvgIpc) is 2.53. The van der Waals surface area contributed by atoms with E-state index in [1.54, 1.807) is 0 Å². The smallest absolute Gasteiger partial charge is 0.320 e. The lowest BCUT2D eigenvalue weighted by atomic mass is 10.0. The summed E-state index contributed by atoms with van der Waals surface area (Å²) in [7, 11) is 0. The SMILES string of the molecule is CCNC(CCN1CC(C)C(C)C1)C(=O)O. The molecule has 1 aliphatic rings. The Kier molecular flexibility index (Phi) is 5.22. The van der Waals surface area contributed by atoms with Gasteiger partial charge in [-0.15, -0.1) is 0 Å². The average molecular weight is 228 g/mol. The number of carbonyl (C=O) groups is 1. The minimum absolute atomic E-state index is 0.392. The fourth-order valence-electron chi connectivity index (χ4n) is 2.30. The number of aliphatic carboxylic acids is 1. The third kappa shape index (κ3) is 3.76. The maximum atomic E-state index is 10.9. The Bertz CT molecular complexity index is 223. The zero-order valence-corrected chi connectivity index (χ0v) is 10.6. The van der Waals surface area contributed by atoms with Crippen LogP contribution in [0.3, 0.4) is 0 Å². The van der Waals surface area contributed by atoms with E-state index in [-0.39, 0.29) is 0 Å². The second-order valence-corrected chi connectivity index (χ2v) is 4.95. The van der Waals surface area contributed by atoms with Crippen molar-refractivity contribution in [2.45, 2.75) is 33.2 Å². The van der Waals surface area contributed by atoms with Crippen LogP contribution in [0.25, 0.3) is 0 Å². The normalized spacial score (nSPS) is 28.2. The van der Waals surface area contributed by atoms with E-state index >= 15 is 0 Å². The fraction of sp³-hybridized carbons (Fsp3) is 0.917. The number of hydrogen-bond acceptors (Lipinski definition) is 3. The number of carboxylic acid groups (broad SMARTS) is 1. The van der Waals surface area contributed by atoms with Gasteiger partial charge in [-0.1, -0.05) is 20.8 Å². The minimum Gasteiger partial charge on any atom is -0.480 e. The summed E-state index contributed by atoms with van der Waals surface area (Å²) in [5.41, 5.74) is 0. The predicted octanol–water partition coefficient (Wildman–Crippen LogP) is 1.03. The van der Waals surface area contributed by atoms with Gasteiger partial charge < -0.3 is 15.3 Å². The van der Waals surface area contributed by atoms with E-state index in [0.29, 0.717) is 13.0 Å². The number of nitrogens with zero attached hydrogens (tertiary/aromatic N) is 1. The molecule has 3 atom stereocenters. The number of likely N-dealkylation sites (N-methyl/N-ethyl adjacent to an activating group) is 1. The molecule has 0 aromatic carbocycles. The molecule has 16 heavy (non-hydrogen) atoms. The Morgan fingerprint density at radius 2 is 2.00 bits per heavy atom. The molecule has 0 saturated carbocycles. The van der Waals surface area contributed by atoms with E-state index in [4.69, 9.17) is 5.11 Å². The van der Waals surface area contributed by atoms with Crippen LogP contribution in [0.2, 0.25) is 0 Å². The summed E-state index contributed by atoms with van der Waals surface area (Å²) < 4.78 is 0. The summed E-state index contributed by atoms with van der Waals surface area (Å²) >= 11 is 0. The highest BCUT2D eigenvalue weighted by molar-refractivity contribution is 5.73. The Hall–Kier alpha value is -0.610. The fourth-order valence-corrected chi connectivity index (χ4v) is 2.30. The van der Waals surface area contributed by atoms with Gasteiger partial charge in [0.15, 0.2) is 0 Å². The van der Waals surface area contributed by atoms with Gasteiger partial charge in [0.1, 0.15) is 6.04 Å². The molecule has 0 amide bonds. The van der Waals surface area contributed by atoms with Crippen molar-refractivity contribution in [1.82, 2.24) is 10.2 Å². The lowest BCUT2D eigenvalue weighted by molar-refractivity contribution is -0.139. The summed E-state index contributed by atoms with van der Waals surface area (Å²) in [4.78, 5) is 13.3.